The lowest BCUT2D eigenvalue weighted by atomic mass is 10.2. The number of nitrogens with one attached hydrogen (secondary N) is 1. The Kier molecular flexibility index (Phi) is 2.81. The van der Waals surface area contributed by atoms with E-state index < -0.39 is 0 Å². The summed E-state index contributed by atoms with van der Waals surface area (Å²) in [7, 11) is 1.37. The molecular weight excluding hydrogens is 204 g/mol. The van der Waals surface area contributed by atoms with E-state index >= 15 is 0 Å². The van der Waals surface area contributed by atoms with Crippen molar-refractivity contribution in [3.05, 3.63) is 23.4 Å². The summed E-state index contributed by atoms with van der Waals surface area (Å²) in [5.74, 6) is 1.22. The predicted molar refractivity (Wildman–Crippen MR) is 61.5 cm³/mol. The van der Waals surface area contributed by atoms with Gasteiger partial charge in [-0.05, 0) is 31.4 Å². The lowest BCUT2D eigenvalue weighted by molar-refractivity contribution is 0.0599. The second-order valence-corrected chi connectivity index (χ2v) is 4.28. The number of carbonyl (C=O) groups excluding carboxylic acids is 1. The minimum atomic E-state index is -0.337. The van der Waals surface area contributed by atoms with Crippen molar-refractivity contribution in [3.8, 4) is 0 Å². The van der Waals surface area contributed by atoms with Gasteiger partial charge in [0.1, 0.15) is 5.82 Å². The van der Waals surface area contributed by atoms with Gasteiger partial charge in [0.15, 0.2) is 0 Å². The van der Waals surface area contributed by atoms with Crippen molar-refractivity contribution in [2.45, 2.75) is 26.3 Å². The van der Waals surface area contributed by atoms with E-state index in [1.807, 2.05) is 13.0 Å². The standard InChI is InChI=1S/C12H16N2O2/c1-7-6-10(7)14-11-5-4-9(8(2)13-11)12(15)16-3/h4-5,7,10H,6H2,1-3H3,(H,13,14). The third kappa shape index (κ3) is 2.15. The van der Waals surface area contributed by atoms with Gasteiger partial charge in [0.05, 0.1) is 18.4 Å². The summed E-state index contributed by atoms with van der Waals surface area (Å²) in [6.07, 6.45) is 1.19. The molecule has 0 spiro atoms. The molecule has 0 amide bonds. The Hall–Kier alpha value is -1.58. The van der Waals surface area contributed by atoms with Gasteiger partial charge in [0.25, 0.3) is 0 Å². The second kappa shape index (κ2) is 4.12. The fraction of sp³-hybridized carbons (Fsp3) is 0.500. The van der Waals surface area contributed by atoms with Crippen LogP contribution in [0.4, 0.5) is 5.82 Å². The van der Waals surface area contributed by atoms with Crippen LogP contribution < -0.4 is 5.32 Å². The molecule has 0 aromatic carbocycles. The van der Waals surface area contributed by atoms with Gasteiger partial charge >= 0.3 is 5.97 Å². The van der Waals surface area contributed by atoms with Crippen LogP contribution in [0.5, 0.6) is 0 Å². The quantitative estimate of drug-likeness (QED) is 0.791. The Balaban J connectivity index is 2.12. The second-order valence-electron chi connectivity index (χ2n) is 4.28. The number of aromatic nitrogens is 1. The molecule has 4 heteroatoms. The highest BCUT2D eigenvalue weighted by Gasteiger charge is 2.32. The maximum Gasteiger partial charge on any atom is 0.339 e. The molecule has 1 aromatic rings. The molecule has 2 unspecified atom stereocenters. The van der Waals surface area contributed by atoms with Crippen LogP contribution in [0.3, 0.4) is 0 Å². The molecule has 0 radical (unpaired) electrons. The molecule has 0 saturated heterocycles. The highest BCUT2D eigenvalue weighted by atomic mass is 16.5. The number of anilines is 1. The first-order valence-corrected chi connectivity index (χ1v) is 5.44. The largest absolute Gasteiger partial charge is 0.465 e. The van der Waals surface area contributed by atoms with E-state index in [0.29, 0.717) is 17.3 Å². The van der Waals surface area contributed by atoms with Crippen molar-refractivity contribution in [2.24, 2.45) is 5.92 Å². The molecule has 2 atom stereocenters. The van der Waals surface area contributed by atoms with Crippen LogP contribution in [0.2, 0.25) is 0 Å². The van der Waals surface area contributed by atoms with Crippen molar-refractivity contribution < 1.29 is 9.53 Å². The van der Waals surface area contributed by atoms with Crippen LogP contribution in [-0.4, -0.2) is 24.1 Å². The van der Waals surface area contributed by atoms with Gasteiger partial charge in [-0.3, -0.25) is 0 Å². The zero-order valence-corrected chi connectivity index (χ0v) is 9.78. The third-order valence-corrected chi connectivity index (χ3v) is 2.93. The van der Waals surface area contributed by atoms with Gasteiger partial charge in [-0.25, -0.2) is 9.78 Å². The van der Waals surface area contributed by atoms with E-state index in [0.717, 1.165) is 11.7 Å². The number of hydrogen-bond acceptors (Lipinski definition) is 4. The van der Waals surface area contributed by atoms with Crippen molar-refractivity contribution in [2.75, 3.05) is 12.4 Å². The number of hydrogen-bond donors (Lipinski definition) is 1. The van der Waals surface area contributed by atoms with Crippen molar-refractivity contribution in [1.82, 2.24) is 4.98 Å². The van der Waals surface area contributed by atoms with Crippen LogP contribution in [0.25, 0.3) is 0 Å². The molecule has 1 aromatic heterocycles. The van der Waals surface area contributed by atoms with E-state index in [4.69, 9.17) is 0 Å². The van der Waals surface area contributed by atoms with Crippen molar-refractivity contribution in [3.63, 3.8) is 0 Å². The smallest absolute Gasteiger partial charge is 0.339 e. The summed E-state index contributed by atoms with van der Waals surface area (Å²) in [5, 5.41) is 3.33. The number of nitrogens with zero attached hydrogens (tertiary/aromatic N) is 1. The number of carbonyl (C=O) groups is 1. The lowest BCUT2D eigenvalue weighted by Gasteiger charge is -2.07. The van der Waals surface area contributed by atoms with Crippen molar-refractivity contribution >= 4 is 11.8 Å². The van der Waals surface area contributed by atoms with Gasteiger partial charge < -0.3 is 10.1 Å². The summed E-state index contributed by atoms with van der Waals surface area (Å²) in [4.78, 5) is 15.7. The average Bonchev–Trinajstić information content (AvgIpc) is 2.93. The van der Waals surface area contributed by atoms with Crippen LogP contribution >= 0.6 is 0 Å². The Labute approximate surface area is 95.0 Å². The van der Waals surface area contributed by atoms with Gasteiger partial charge in [0.2, 0.25) is 0 Å². The minimum Gasteiger partial charge on any atom is -0.465 e. The SMILES string of the molecule is COC(=O)c1ccc(NC2CC2C)nc1C. The van der Waals surface area contributed by atoms with Crippen LogP contribution in [0, 0.1) is 12.8 Å². The summed E-state index contributed by atoms with van der Waals surface area (Å²) < 4.78 is 4.67. The zero-order valence-electron chi connectivity index (χ0n) is 9.78. The first-order valence-electron chi connectivity index (χ1n) is 5.44. The van der Waals surface area contributed by atoms with E-state index in [1.165, 1.54) is 13.5 Å². The molecule has 86 valence electrons. The molecule has 1 heterocycles. The number of methoxy groups -OCH3 is 1. The molecular formula is C12H16N2O2. The summed E-state index contributed by atoms with van der Waals surface area (Å²) >= 11 is 0. The molecule has 1 aliphatic carbocycles. The van der Waals surface area contributed by atoms with Gasteiger partial charge in [0, 0.05) is 6.04 Å². The molecule has 1 N–H and O–H groups in total. The monoisotopic (exact) mass is 220 g/mol. The number of ether oxygens (including phenoxy) is 1. The fourth-order valence-electron chi connectivity index (χ4n) is 1.68. The molecule has 4 nitrogen and oxygen atoms in total. The third-order valence-electron chi connectivity index (χ3n) is 2.93. The maximum atomic E-state index is 11.3. The minimum absolute atomic E-state index is 0.337. The average molecular weight is 220 g/mol. The van der Waals surface area contributed by atoms with Gasteiger partial charge in [-0.1, -0.05) is 6.92 Å². The Morgan fingerprint density at radius 2 is 2.25 bits per heavy atom. The van der Waals surface area contributed by atoms with E-state index in [-0.39, 0.29) is 5.97 Å². The summed E-state index contributed by atoms with van der Waals surface area (Å²) in [5.41, 5.74) is 1.22. The number of esters is 1. The van der Waals surface area contributed by atoms with E-state index in [1.54, 1.807) is 6.07 Å². The van der Waals surface area contributed by atoms with E-state index in [9.17, 15) is 4.79 Å². The highest BCUT2D eigenvalue weighted by molar-refractivity contribution is 5.90. The number of aryl methyl sites for hydroxylation is 1. The van der Waals surface area contributed by atoms with Crippen LogP contribution in [0.15, 0.2) is 12.1 Å². The molecule has 0 bridgehead atoms. The van der Waals surface area contributed by atoms with E-state index in [2.05, 4.69) is 22.0 Å². The first kappa shape index (κ1) is 10.9. The van der Waals surface area contributed by atoms with Gasteiger partial charge in [-0.2, -0.15) is 0 Å². The molecule has 0 aliphatic heterocycles. The Morgan fingerprint density at radius 3 is 2.75 bits per heavy atom. The molecule has 16 heavy (non-hydrogen) atoms. The molecule has 2 rings (SSSR count). The fourth-order valence-corrected chi connectivity index (χ4v) is 1.68. The topological polar surface area (TPSA) is 51.2 Å². The maximum absolute atomic E-state index is 11.3. The van der Waals surface area contributed by atoms with Crippen molar-refractivity contribution in [1.29, 1.82) is 0 Å². The molecule has 1 saturated carbocycles. The lowest BCUT2D eigenvalue weighted by Crippen LogP contribution is -2.09. The zero-order chi connectivity index (χ0) is 11.7. The predicted octanol–water partition coefficient (Wildman–Crippen LogP) is 2.00. The van der Waals surface area contributed by atoms with Gasteiger partial charge in [-0.15, -0.1) is 0 Å². The van der Waals surface area contributed by atoms with Crippen LogP contribution in [0.1, 0.15) is 29.4 Å². The summed E-state index contributed by atoms with van der Waals surface area (Å²) in [6.45, 7) is 4.01. The summed E-state index contributed by atoms with van der Waals surface area (Å²) in [6, 6.07) is 4.12. The molecule has 1 aliphatic rings. The Morgan fingerprint density at radius 1 is 1.56 bits per heavy atom. The Bertz CT molecular complexity index is 417. The highest BCUT2D eigenvalue weighted by Crippen LogP contribution is 2.32. The first-order chi connectivity index (χ1) is 7.61. The molecule has 1 fully saturated rings. The van der Waals surface area contributed by atoms with Crippen LogP contribution in [-0.2, 0) is 4.74 Å². The number of pyridine rings is 1. The normalized spacial score (nSPS) is 22.7. The number of rotatable bonds is 3.